The van der Waals surface area contributed by atoms with Gasteiger partial charge in [-0.2, -0.15) is 0 Å². The molecule has 1 fully saturated rings. The van der Waals surface area contributed by atoms with Crippen LogP contribution in [-0.2, 0) is 27.8 Å². The van der Waals surface area contributed by atoms with Gasteiger partial charge in [0.25, 0.3) is 5.69 Å². The topological polar surface area (TPSA) is 98.9 Å². The smallest absolute Gasteiger partial charge is 0.308 e. The van der Waals surface area contributed by atoms with Crippen LogP contribution in [0.4, 0.5) is 5.69 Å². The van der Waals surface area contributed by atoms with Crippen LogP contribution < -0.4 is 4.74 Å². The first-order chi connectivity index (χ1) is 12.9. The Bertz CT molecular complexity index is 808. The number of esters is 1. The van der Waals surface area contributed by atoms with E-state index in [2.05, 4.69) is 0 Å². The lowest BCUT2D eigenvalue weighted by atomic mass is 9.79. The van der Waals surface area contributed by atoms with Crippen LogP contribution in [0.5, 0.6) is 5.75 Å². The highest BCUT2D eigenvalue weighted by Crippen LogP contribution is 2.47. The maximum atomic E-state index is 11.8. The third-order valence-electron chi connectivity index (χ3n) is 5.33. The molecule has 2 heterocycles. The van der Waals surface area contributed by atoms with Gasteiger partial charge in [0.1, 0.15) is 17.5 Å². The van der Waals surface area contributed by atoms with Crippen LogP contribution in [0.25, 0.3) is 0 Å². The Morgan fingerprint density at radius 2 is 2.04 bits per heavy atom. The van der Waals surface area contributed by atoms with Crippen molar-refractivity contribution in [1.29, 1.82) is 0 Å². The Morgan fingerprint density at radius 1 is 1.36 bits per heavy atom. The van der Waals surface area contributed by atoms with Crippen molar-refractivity contribution >= 4 is 11.7 Å². The second-order valence-corrected chi connectivity index (χ2v) is 9.53. The highest BCUT2D eigenvalue weighted by Gasteiger charge is 2.39. The van der Waals surface area contributed by atoms with Crippen LogP contribution >= 0.6 is 0 Å². The summed E-state index contributed by atoms with van der Waals surface area (Å²) < 4.78 is 11.6. The fourth-order valence-corrected chi connectivity index (χ4v) is 4.36. The molecule has 2 aliphatic heterocycles. The van der Waals surface area contributed by atoms with Crippen molar-refractivity contribution in [3.05, 3.63) is 32.9 Å². The van der Waals surface area contributed by atoms with Gasteiger partial charge in [-0.05, 0) is 32.1 Å². The van der Waals surface area contributed by atoms with Crippen molar-refractivity contribution in [2.75, 3.05) is 0 Å². The molecular formula is C21H29NO6. The largest absolute Gasteiger partial charge is 0.487 e. The number of nitrogens with zero attached hydrogens (tertiary/aromatic N) is 1. The van der Waals surface area contributed by atoms with Gasteiger partial charge in [-0.25, -0.2) is 0 Å². The fourth-order valence-electron chi connectivity index (χ4n) is 4.36. The number of carbonyl (C=O) groups excluding carboxylic acids is 1. The van der Waals surface area contributed by atoms with Crippen molar-refractivity contribution < 1.29 is 24.3 Å². The predicted molar refractivity (Wildman–Crippen MR) is 104 cm³/mol. The second-order valence-electron chi connectivity index (χ2n) is 9.53. The maximum Gasteiger partial charge on any atom is 0.308 e. The van der Waals surface area contributed by atoms with E-state index in [1.54, 1.807) is 6.07 Å². The van der Waals surface area contributed by atoms with Crippen molar-refractivity contribution in [3.63, 3.8) is 0 Å². The number of nitro groups is 1. The SMILES string of the molecule is CC1(C)Cc2cc([N+](=O)[O-])c(C(C)(C)C)c(CC[C@H]3C[C@H](O)CC(=O)O3)c2O1. The second kappa shape index (κ2) is 7.03. The number of rotatable bonds is 4. The van der Waals surface area contributed by atoms with E-state index in [0.717, 1.165) is 16.9 Å². The average Bonchev–Trinajstić information content (AvgIpc) is 2.83. The van der Waals surface area contributed by atoms with Gasteiger partial charge in [0.2, 0.25) is 0 Å². The van der Waals surface area contributed by atoms with E-state index in [1.807, 2.05) is 34.6 Å². The van der Waals surface area contributed by atoms with E-state index in [1.165, 1.54) is 0 Å². The van der Waals surface area contributed by atoms with Crippen LogP contribution in [0.3, 0.4) is 0 Å². The Balaban J connectivity index is 2.03. The van der Waals surface area contributed by atoms with Crippen molar-refractivity contribution in [2.45, 2.75) is 89.9 Å². The van der Waals surface area contributed by atoms with Gasteiger partial charge in [-0.3, -0.25) is 14.9 Å². The maximum absolute atomic E-state index is 11.8. The molecular weight excluding hydrogens is 362 g/mol. The summed E-state index contributed by atoms with van der Waals surface area (Å²) in [7, 11) is 0. The molecule has 2 atom stereocenters. The minimum atomic E-state index is -0.695. The summed E-state index contributed by atoms with van der Waals surface area (Å²) in [6.07, 6.45) is 0.902. The highest BCUT2D eigenvalue weighted by molar-refractivity contribution is 5.71. The lowest BCUT2D eigenvalue weighted by Crippen LogP contribution is -2.33. The summed E-state index contributed by atoms with van der Waals surface area (Å²) in [5, 5.41) is 21.7. The number of benzene rings is 1. The zero-order chi connectivity index (χ0) is 20.9. The molecule has 0 aliphatic carbocycles. The lowest BCUT2D eigenvalue weighted by molar-refractivity contribution is -0.386. The molecule has 0 bridgehead atoms. The molecule has 1 aromatic carbocycles. The third kappa shape index (κ3) is 4.14. The zero-order valence-corrected chi connectivity index (χ0v) is 17.2. The van der Waals surface area contributed by atoms with E-state index >= 15 is 0 Å². The molecule has 1 N–H and O–H groups in total. The molecule has 1 saturated heterocycles. The highest BCUT2D eigenvalue weighted by atomic mass is 16.6. The molecule has 0 unspecified atom stereocenters. The predicted octanol–water partition coefficient (Wildman–Crippen LogP) is 3.60. The zero-order valence-electron chi connectivity index (χ0n) is 17.2. The molecule has 7 heteroatoms. The Hall–Kier alpha value is -2.15. The number of fused-ring (bicyclic) bond motifs is 1. The Kier molecular flexibility index (Phi) is 5.17. The molecule has 7 nitrogen and oxygen atoms in total. The molecule has 0 amide bonds. The van der Waals surface area contributed by atoms with Crippen LogP contribution in [0, 0.1) is 10.1 Å². The summed E-state index contributed by atoms with van der Waals surface area (Å²) >= 11 is 0. The molecule has 0 spiro atoms. The number of aliphatic hydroxyl groups is 1. The quantitative estimate of drug-likeness (QED) is 0.478. The average molecular weight is 391 g/mol. The van der Waals surface area contributed by atoms with Gasteiger partial charge in [0.05, 0.1) is 17.4 Å². The molecule has 0 saturated carbocycles. The van der Waals surface area contributed by atoms with E-state index < -0.39 is 29.2 Å². The van der Waals surface area contributed by atoms with Crippen molar-refractivity contribution in [1.82, 2.24) is 0 Å². The van der Waals surface area contributed by atoms with E-state index in [4.69, 9.17) is 9.47 Å². The van der Waals surface area contributed by atoms with E-state index in [9.17, 15) is 20.0 Å². The van der Waals surface area contributed by atoms with Crippen LogP contribution in [0.1, 0.15) is 70.6 Å². The van der Waals surface area contributed by atoms with Gasteiger partial charge >= 0.3 is 5.97 Å². The van der Waals surface area contributed by atoms with Gasteiger partial charge in [0.15, 0.2) is 0 Å². The molecule has 0 aromatic heterocycles. The summed E-state index contributed by atoms with van der Waals surface area (Å²) in [5.41, 5.74) is 1.57. The van der Waals surface area contributed by atoms with Gasteiger partial charge in [-0.15, -0.1) is 0 Å². The number of hydrogen-bond donors (Lipinski definition) is 1. The van der Waals surface area contributed by atoms with Gasteiger partial charge < -0.3 is 14.6 Å². The number of cyclic esters (lactones) is 1. The minimum absolute atomic E-state index is 0.0211. The lowest BCUT2D eigenvalue weighted by Gasteiger charge is -2.28. The molecule has 28 heavy (non-hydrogen) atoms. The summed E-state index contributed by atoms with van der Waals surface area (Å²) in [6, 6.07) is 1.65. The molecule has 2 aliphatic rings. The van der Waals surface area contributed by atoms with Crippen molar-refractivity contribution in [2.24, 2.45) is 0 Å². The van der Waals surface area contributed by atoms with Gasteiger partial charge in [-0.1, -0.05) is 20.8 Å². The Labute approximate surface area is 165 Å². The Morgan fingerprint density at radius 3 is 2.61 bits per heavy atom. The molecule has 3 rings (SSSR count). The molecule has 1 aromatic rings. The summed E-state index contributed by atoms with van der Waals surface area (Å²) in [4.78, 5) is 23.2. The fraction of sp³-hybridized carbons (Fsp3) is 0.667. The number of carbonyl (C=O) groups is 1. The summed E-state index contributed by atoms with van der Waals surface area (Å²) in [6.45, 7) is 9.80. The first-order valence-electron chi connectivity index (χ1n) is 9.77. The first kappa shape index (κ1) is 20.6. The number of nitro benzene ring substituents is 1. The molecule has 0 radical (unpaired) electrons. The first-order valence-corrected chi connectivity index (χ1v) is 9.77. The van der Waals surface area contributed by atoms with Gasteiger partial charge in [0, 0.05) is 35.6 Å². The van der Waals surface area contributed by atoms with Crippen LogP contribution in [0.2, 0.25) is 0 Å². The monoisotopic (exact) mass is 391 g/mol. The van der Waals surface area contributed by atoms with Crippen molar-refractivity contribution in [3.8, 4) is 5.75 Å². The van der Waals surface area contributed by atoms with Crippen LogP contribution in [0.15, 0.2) is 6.07 Å². The normalized spacial score (nSPS) is 23.7. The number of hydrogen-bond acceptors (Lipinski definition) is 6. The molecule has 154 valence electrons. The number of ether oxygens (including phenoxy) is 2. The standard InChI is InChI=1S/C21H29NO6/c1-20(2,3)18-15(7-6-14-9-13(23)10-17(24)27-14)19-12(8-16(18)22(25)26)11-21(4,5)28-19/h8,13-14,23H,6-7,9-11H2,1-5H3/t13-,14-/m0/s1. The van der Waals surface area contributed by atoms with E-state index in [-0.39, 0.29) is 17.0 Å². The number of aliphatic hydroxyl groups excluding tert-OH is 1. The third-order valence-corrected chi connectivity index (χ3v) is 5.33. The minimum Gasteiger partial charge on any atom is -0.487 e. The van der Waals surface area contributed by atoms with Crippen LogP contribution in [-0.4, -0.2) is 33.8 Å². The summed E-state index contributed by atoms with van der Waals surface area (Å²) in [5.74, 6) is 0.324. The van der Waals surface area contributed by atoms with E-state index in [0.29, 0.717) is 31.2 Å².